The van der Waals surface area contributed by atoms with Crippen LogP contribution < -0.4 is 5.32 Å². The summed E-state index contributed by atoms with van der Waals surface area (Å²) in [7, 11) is 0. The molecule has 1 aromatic heterocycles. The lowest BCUT2D eigenvalue weighted by atomic mass is 10.2. The summed E-state index contributed by atoms with van der Waals surface area (Å²) < 4.78 is 5.36. The number of nitrogens with zero attached hydrogens (tertiary/aromatic N) is 1. The van der Waals surface area contributed by atoms with Gasteiger partial charge in [-0.05, 0) is 54.1 Å². The highest BCUT2D eigenvalue weighted by atomic mass is 35.5. The molecule has 0 aliphatic rings. The van der Waals surface area contributed by atoms with Crippen LogP contribution in [0.2, 0.25) is 5.02 Å². The first-order valence-electron chi connectivity index (χ1n) is 7.72. The maximum Gasteiger partial charge on any atom is 0.322 e. The minimum absolute atomic E-state index is 0.187. The molecule has 128 valence electrons. The molecule has 0 atom stereocenters. The number of halogens is 1. The Balaban J connectivity index is 1.75. The van der Waals surface area contributed by atoms with E-state index in [1.807, 2.05) is 6.07 Å². The number of amides is 2. The third-order valence-electron chi connectivity index (χ3n) is 3.62. The van der Waals surface area contributed by atoms with Gasteiger partial charge in [0.15, 0.2) is 0 Å². The van der Waals surface area contributed by atoms with Gasteiger partial charge in [0.25, 0.3) is 0 Å². The molecule has 25 heavy (non-hydrogen) atoms. The molecule has 2 aromatic carbocycles. The van der Waals surface area contributed by atoms with E-state index in [0.717, 1.165) is 5.56 Å². The smallest absolute Gasteiger partial charge is 0.322 e. The van der Waals surface area contributed by atoms with Crippen LogP contribution in [-0.2, 0) is 13.1 Å². The number of carbonyl (C=O) groups is 1. The Morgan fingerprint density at radius 3 is 2.40 bits per heavy atom. The topological polar surface area (TPSA) is 65.7 Å². The minimum atomic E-state index is -0.258. The van der Waals surface area contributed by atoms with Crippen molar-refractivity contribution in [2.75, 3.05) is 5.32 Å². The normalized spacial score (nSPS) is 10.4. The van der Waals surface area contributed by atoms with Crippen molar-refractivity contribution >= 4 is 23.3 Å². The number of rotatable bonds is 5. The maximum absolute atomic E-state index is 12.7. The SMILES string of the molecule is O=C(Nc1ccc(Cl)cc1)N(Cc1ccc(O)cc1)Cc1ccco1. The van der Waals surface area contributed by atoms with Crippen molar-refractivity contribution in [1.82, 2.24) is 4.90 Å². The van der Waals surface area contributed by atoms with E-state index in [1.54, 1.807) is 65.8 Å². The van der Waals surface area contributed by atoms with Gasteiger partial charge in [0.2, 0.25) is 0 Å². The van der Waals surface area contributed by atoms with E-state index in [4.69, 9.17) is 16.0 Å². The number of benzene rings is 2. The van der Waals surface area contributed by atoms with Gasteiger partial charge in [-0.3, -0.25) is 0 Å². The predicted molar refractivity (Wildman–Crippen MR) is 96.5 cm³/mol. The van der Waals surface area contributed by atoms with Gasteiger partial charge in [-0.2, -0.15) is 0 Å². The number of hydrogen-bond donors (Lipinski definition) is 2. The van der Waals surface area contributed by atoms with E-state index in [2.05, 4.69) is 5.32 Å². The van der Waals surface area contributed by atoms with E-state index in [0.29, 0.717) is 29.6 Å². The molecule has 0 saturated heterocycles. The van der Waals surface area contributed by atoms with Gasteiger partial charge in [0, 0.05) is 17.3 Å². The second-order valence-electron chi connectivity index (χ2n) is 5.54. The summed E-state index contributed by atoms with van der Waals surface area (Å²) in [6.45, 7) is 0.702. The fraction of sp³-hybridized carbons (Fsp3) is 0.105. The number of urea groups is 1. The monoisotopic (exact) mass is 356 g/mol. The van der Waals surface area contributed by atoms with Crippen molar-refractivity contribution in [3.05, 3.63) is 83.3 Å². The number of nitrogens with one attached hydrogen (secondary N) is 1. The Hall–Kier alpha value is -2.92. The number of furan rings is 1. The summed E-state index contributed by atoms with van der Waals surface area (Å²) in [6, 6.07) is 17.0. The van der Waals surface area contributed by atoms with Crippen LogP contribution in [-0.4, -0.2) is 16.0 Å². The molecular formula is C19H17ClN2O3. The van der Waals surface area contributed by atoms with Crippen LogP contribution in [0.25, 0.3) is 0 Å². The molecule has 6 heteroatoms. The molecule has 0 unspecified atom stereocenters. The van der Waals surface area contributed by atoms with Gasteiger partial charge in [0.05, 0.1) is 12.8 Å². The van der Waals surface area contributed by atoms with Crippen molar-refractivity contribution in [2.45, 2.75) is 13.1 Å². The van der Waals surface area contributed by atoms with Crippen LogP contribution in [0.5, 0.6) is 5.75 Å². The van der Waals surface area contributed by atoms with Gasteiger partial charge in [-0.1, -0.05) is 23.7 Å². The number of aromatic hydroxyl groups is 1. The molecule has 3 aromatic rings. The Labute approximate surface area is 150 Å². The van der Waals surface area contributed by atoms with Gasteiger partial charge >= 0.3 is 6.03 Å². The third-order valence-corrected chi connectivity index (χ3v) is 3.87. The van der Waals surface area contributed by atoms with Crippen molar-refractivity contribution in [2.24, 2.45) is 0 Å². The first kappa shape index (κ1) is 16.9. The molecule has 2 amide bonds. The molecule has 0 spiro atoms. The predicted octanol–water partition coefficient (Wildman–Crippen LogP) is 4.87. The van der Waals surface area contributed by atoms with Crippen LogP contribution in [0.1, 0.15) is 11.3 Å². The van der Waals surface area contributed by atoms with Crippen LogP contribution in [0, 0.1) is 0 Å². The zero-order chi connectivity index (χ0) is 17.6. The third kappa shape index (κ3) is 4.78. The molecule has 0 saturated carbocycles. The molecule has 2 N–H and O–H groups in total. The first-order valence-corrected chi connectivity index (χ1v) is 8.10. The largest absolute Gasteiger partial charge is 0.508 e. The second-order valence-corrected chi connectivity index (χ2v) is 5.98. The van der Waals surface area contributed by atoms with Crippen molar-refractivity contribution < 1.29 is 14.3 Å². The number of phenolic OH excluding ortho intramolecular Hbond substituents is 1. The number of carbonyl (C=O) groups excluding carboxylic acids is 1. The molecular weight excluding hydrogens is 340 g/mol. The van der Waals surface area contributed by atoms with Crippen LogP contribution >= 0.6 is 11.6 Å². The minimum Gasteiger partial charge on any atom is -0.508 e. The van der Waals surface area contributed by atoms with E-state index in [1.165, 1.54) is 0 Å². The standard InChI is InChI=1S/C19H17ClN2O3/c20-15-5-7-16(8-6-15)21-19(24)22(13-18-2-1-11-25-18)12-14-3-9-17(23)10-4-14/h1-11,23H,12-13H2,(H,21,24). The molecule has 5 nitrogen and oxygen atoms in total. The first-order chi connectivity index (χ1) is 12.1. The van der Waals surface area contributed by atoms with Gasteiger partial charge in [0.1, 0.15) is 11.5 Å². The molecule has 0 fully saturated rings. The quantitative estimate of drug-likeness (QED) is 0.685. The van der Waals surface area contributed by atoms with E-state index >= 15 is 0 Å². The molecule has 0 bridgehead atoms. The second kappa shape index (κ2) is 7.77. The zero-order valence-electron chi connectivity index (χ0n) is 13.4. The van der Waals surface area contributed by atoms with Crippen LogP contribution in [0.15, 0.2) is 71.3 Å². The lowest BCUT2D eigenvalue weighted by molar-refractivity contribution is 0.201. The molecule has 0 aliphatic heterocycles. The summed E-state index contributed by atoms with van der Waals surface area (Å²) >= 11 is 5.87. The van der Waals surface area contributed by atoms with E-state index in [9.17, 15) is 9.90 Å². The Morgan fingerprint density at radius 2 is 1.76 bits per heavy atom. The maximum atomic E-state index is 12.7. The fourth-order valence-electron chi connectivity index (χ4n) is 2.35. The Morgan fingerprint density at radius 1 is 1.04 bits per heavy atom. The average molecular weight is 357 g/mol. The zero-order valence-corrected chi connectivity index (χ0v) is 14.1. The summed E-state index contributed by atoms with van der Waals surface area (Å²) in [5.41, 5.74) is 1.56. The molecule has 0 radical (unpaired) electrons. The van der Waals surface area contributed by atoms with Crippen molar-refractivity contribution in [3.8, 4) is 5.75 Å². The lowest BCUT2D eigenvalue weighted by Crippen LogP contribution is -2.33. The van der Waals surface area contributed by atoms with Gasteiger partial charge in [-0.25, -0.2) is 4.79 Å². The highest BCUT2D eigenvalue weighted by Gasteiger charge is 2.16. The van der Waals surface area contributed by atoms with E-state index in [-0.39, 0.29) is 11.8 Å². The highest BCUT2D eigenvalue weighted by molar-refractivity contribution is 6.30. The molecule has 3 rings (SSSR count). The Kier molecular flexibility index (Phi) is 5.26. The Bertz CT molecular complexity index is 815. The summed E-state index contributed by atoms with van der Waals surface area (Å²) in [4.78, 5) is 14.3. The van der Waals surface area contributed by atoms with Crippen LogP contribution in [0.4, 0.5) is 10.5 Å². The number of anilines is 1. The van der Waals surface area contributed by atoms with E-state index < -0.39 is 0 Å². The fourth-order valence-corrected chi connectivity index (χ4v) is 2.47. The van der Waals surface area contributed by atoms with Gasteiger partial charge in [-0.15, -0.1) is 0 Å². The summed E-state index contributed by atoms with van der Waals surface area (Å²) in [5.74, 6) is 0.872. The number of hydrogen-bond acceptors (Lipinski definition) is 3. The molecule has 0 aliphatic carbocycles. The van der Waals surface area contributed by atoms with Crippen molar-refractivity contribution in [3.63, 3.8) is 0 Å². The molecule has 1 heterocycles. The summed E-state index contributed by atoms with van der Waals surface area (Å²) in [5, 5.41) is 12.9. The summed E-state index contributed by atoms with van der Waals surface area (Å²) in [6.07, 6.45) is 1.57. The average Bonchev–Trinajstić information content (AvgIpc) is 3.11. The number of phenols is 1. The van der Waals surface area contributed by atoms with Gasteiger partial charge < -0.3 is 19.7 Å². The highest BCUT2D eigenvalue weighted by Crippen LogP contribution is 2.17. The van der Waals surface area contributed by atoms with Crippen molar-refractivity contribution in [1.29, 1.82) is 0 Å². The van der Waals surface area contributed by atoms with Crippen LogP contribution in [0.3, 0.4) is 0 Å². The lowest BCUT2D eigenvalue weighted by Gasteiger charge is -2.22.